The third kappa shape index (κ3) is 4.10. The molecule has 1 amide bonds. The standard InChI is InChI=1S/C16H23N3O/c1-19(2)11-10-17-16(20)9-5-6-13-12-18-15-8-4-3-7-14(13)15/h3-4,7-8,12,18H,5-6,9-11H2,1-2H3,(H,17,20). The summed E-state index contributed by atoms with van der Waals surface area (Å²) in [6, 6.07) is 8.28. The first-order valence-corrected chi connectivity index (χ1v) is 7.13. The second-order valence-corrected chi connectivity index (χ2v) is 5.37. The summed E-state index contributed by atoms with van der Waals surface area (Å²) in [6.07, 6.45) is 4.46. The number of aryl methyl sites for hydroxylation is 1. The molecule has 0 bridgehead atoms. The second-order valence-electron chi connectivity index (χ2n) is 5.37. The summed E-state index contributed by atoms with van der Waals surface area (Å²) in [5.74, 6) is 0.145. The first-order chi connectivity index (χ1) is 9.66. The summed E-state index contributed by atoms with van der Waals surface area (Å²) >= 11 is 0. The van der Waals surface area contributed by atoms with Crippen LogP contribution in [0.2, 0.25) is 0 Å². The largest absolute Gasteiger partial charge is 0.361 e. The molecule has 0 aliphatic rings. The molecular formula is C16H23N3O. The van der Waals surface area contributed by atoms with Gasteiger partial charge in [-0.2, -0.15) is 0 Å². The van der Waals surface area contributed by atoms with Gasteiger partial charge in [0, 0.05) is 36.6 Å². The number of hydrogen-bond acceptors (Lipinski definition) is 2. The maximum atomic E-state index is 11.7. The average Bonchev–Trinajstić information content (AvgIpc) is 2.82. The molecule has 0 fully saturated rings. The fraction of sp³-hybridized carbons (Fsp3) is 0.438. The van der Waals surface area contributed by atoms with E-state index in [1.807, 2.05) is 26.2 Å². The highest BCUT2D eigenvalue weighted by molar-refractivity contribution is 5.83. The number of benzene rings is 1. The minimum atomic E-state index is 0.145. The summed E-state index contributed by atoms with van der Waals surface area (Å²) in [7, 11) is 4.01. The third-order valence-corrected chi connectivity index (χ3v) is 3.41. The Hall–Kier alpha value is -1.81. The maximum Gasteiger partial charge on any atom is 0.220 e. The fourth-order valence-corrected chi connectivity index (χ4v) is 2.29. The topological polar surface area (TPSA) is 48.1 Å². The Kier molecular flexibility index (Phi) is 5.18. The number of fused-ring (bicyclic) bond motifs is 1. The van der Waals surface area contributed by atoms with Crippen LogP contribution in [0.15, 0.2) is 30.5 Å². The Morgan fingerprint density at radius 2 is 2.10 bits per heavy atom. The van der Waals surface area contributed by atoms with Gasteiger partial charge in [-0.15, -0.1) is 0 Å². The molecule has 4 nitrogen and oxygen atoms in total. The van der Waals surface area contributed by atoms with Crippen LogP contribution >= 0.6 is 0 Å². The van der Waals surface area contributed by atoms with E-state index in [-0.39, 0.29) is 5.91 Å². The van der Waals surface area contributed by atoms with Crippen LogP contribution in [0, 0.1) is 0 Å². The van der Waals surface area contributed by atoms with Crippen LogP contribution in [0.4, 0.5) is 0 Å². The van der Waals surface area contributed by atoms with Crippen molar-refractivity contribution in [3.8, 4) is 0 Å². The molecule has 4 heteroatoms. The van der Waals surface area contributed by atoms with Crippen LogP contribution in [0.5, 0.6) is 0 Å². The normalized spacial score (nSPS) is 11.2. The summed E-state index contributed by atoms with van der Waals surface area (Å²) < 4.78 is 0. The number of rotatable bonds is 7. The summed E-state index contributed by atoms with van der Waals surface area (Å²) in [5.41, 5.74) is 2.46. The van der Waals surface area contributed by atoms with E-state index in [0.29, 0.717) is 6.42 Å². The predicted octanol–water partition coefficient (Wildman–Crippen LogP) is 2.17. The molecule has 2 N–H and O–H groups in total. The summed E-state index contributed by atoms with van der Waals surface area (Å²) in [4.78, 5) is 17.0. The van der Waals surface area contributed by atoms with Gasteiger partial charge in [0.1, 0.15) is 0 Å². The van der Waals surface area contributed by atoms with Gasteiger partial charge in [0.05, 0.1) is 0 Å². The Labute approximate surface area is 120 Å². The Bertz CT molecular complexity index is 560. The van der Waals surface area contributed by atoms with Gasteiger partial charge < -0.3 is 15.2 Å². The number of aromatic nitrogens is 1. The highest BCUT2D eigenvalue weighted by atomic mass is 16.1. The summed E-state index contributed by atoms with van der Waals surface area (Å²) in [5, 5.41) is 4.21. The molecule has 20 heavy (non-hydrogen) atoms. The number of aromatic amines is 1. The van der Waals surface area contributed by atoms with Crippen molar-refractivity contribution < 1.29 is 4.79 Å². The van der Waals surface area contributed by atoms with Crippen molar-refractivity contribution in [1.29, 1.82) is 0 Å². The molecule has 2 aromatic rings. The quantitative estimate of drug-likeness (QED) is 0.812. The molecule has 1 aromatic carbocycles. The van der Waals surface area contributed by atoms with E-state index in [1.54, 1.807) is 0 Å². The average molecular weight is 273 g/mol. The van der Waals surface area contributed by atoms with E-state index in [1.165, 1.54) is 10.9 Å². The number of carbonyl (C=O) groups is 1. The van der Waals surface area contributed by atoms with E-state index < -0.39 is 0 Å². The van der Waals surface area contributed by atoms with E-state index in [2.05, 4.69) is 33.5 Å². The highest BCUT2D eigenvalue weighted by Crippen LogP contribution is 2.19. The molecular weight excluding hydrogens is 250 g/mol. The van der Waals surface area contributed by atoms with Crippen LogP contribution in [0.25, 0.3) is 10.9 Å². The van der Waals surface area contributed by atoms with Gasteiger partial charge in [-0.3, -0.25) is 4.79 Å². The van der Waals surface area contributed by atoms with Crippen molar-refractivity contribution in [1.82, 2.24) is 15.2 Å². The van der Waals surface area contributed by atoms with Crippen LogP contribution in [0.1, 0.15) is 18.4 Å². The SMILES string of the molecule is CN(C)CCNC(=O)CCCc1c[nH]c2ccccc12. The summed E-state index contributed by atoms with van der Waals surface area (Å²) in [6.45, 7) is 1.60. The monoisotopic (exact) mass is 273 g/mol. The number of nitrogens with zero attached hydrogens (tertiary/aromatic N) is 1. The molecule has 0 saturated heterocycles. The fourth-order valence-electron chi connectivity index (χ4n) is 2.29. The molecule has 0 aliphatic carbocycles. The van der Waals surface area contributed by atoms with Gasteiger partial charge in [0.2, 0.25) is 5.91 Å². The van der Waals surface area contributed by atoms with Gasteiger partial charge in [-0.1, -0.05) is 18.2 Å². The molecule has 2 rings (SSSR count). The van der Waals surface area contributed by atoms with Crippen molar-refractivity contribution in [3.63, 3.8) is 0 Å². The number of carbonyl (C=O) groups excluding carboxylic acids is 1. The Balaban J connectivity index is 1.74. The zero-order chi connectivity index (χ0) is 14.4. The first-order valence-electron chi connectivity index (χ1n) is 7.13. The molecule has 0 unspecified atom stereocenters. The minimum Gasteiger partial charge on any atom is -0.361 e. The number of nitrogens with one attached hydrogen (secondary N) is 2. The number of amides is 1. The van der Waals surface area contributed by atoms with Gasteiger partial charge in [-0.25, -0.2) is 0 Å². The molecule has 0 radical (unpaired) electrons. The molecule has 0 atom stereocenters. The molecule has 0 saturated carbocycles. The lowest BCUT2D eigenvalue weighted by Gasteiger charge is -2.10. The van der Waals surface area contributed by atoms with E-state index in [9.17, 15) is 4.79 Å². The van der Waals surface area contributed by atoms with E-state index in [0.717, 1.165) is 31.4 Å². The lowest BCUT2D eigenvalue weighted by molar-refractivity contribution is -0.121. The smallest absolute Gasteiger partial charge is 0.220 e. The van der Waals surface area contributed by atoms with Crippen LogP contribution in [-0.2, 0) is 11.2 Å². The molecule has 0 aliphatic heterocycles. The van der Waals surface area contributed by atoms with Crippen LogP contribution < -0.4 is 5.32 Å². The van der Waals surface area contributed by atoms with Gasteiger partial charge in [-0.05, 0) is 38.6 Å². The van der Waals surface area contributed by atoms with Gasteiger partial charge >= 0.3 is 0 Å². The molecule has 0 spiro atoms. The zero-order valence-corrected chi connectivity index (χ0v) is 12.3. The maximum absolute atomic E-state index is 11.7. The van der Waals surface area contributed by atoms with Crippen molar-refractivity contribution in [2.24, 2.45) is 0 Å². The van der Waals surface area contributed by atoms with Crippen molar-refractivity contribution in [3.05, 3.63) is 36.0 Å². The van der Waals surface area contributed by atoms with Gasteiger partial charge in [0.25, 0.3) is 0 Å². The molecule has 1 heterocycles. The lowest BCUT2D eigenvalue weighted by Crippen LogP contribution is -2.31. The Morgan fingerprint density at radius 1 is 1.30 bits per heavy atom. The number of likely N-dealkylation sites (N-methyl/N-ethyl adjacent to an activating group) is 1. The van der Waals surface area contributed by atoms with Gasteiger partial charge in [0.15, 0.2) is 0 Å². The second kappa shape index (κ2) is 7.10. The van der Waals surface area contributed by atoms with Crippen molar-refractivity contribution in [2.75, 3.05) is 27.2 Å². The third-order valence-electron chi connectivity index (χ3n) is 3.41. The number of H-pyrrole nitrogens is 1. The number of para-hydroxylation sites is 1. The van der Waals surface area contributed by atoms with Crippen molar-refractivity contribution in [2.45, 2.75) is 19.3 Å². The highest BCUT2D eigenvalue weighted by Gasteiger charge is 2.05. The molecule has 108 valence electrons. The lowest BCUT2D eigenvalue weighted by atomic mass is 10.1. The molecule has 1 aromatic heterocycles. The Morgan fingerprint density at radius 3 is 2.90 bits per heavy atom. The van der Waals surface area contributed by atoms with Crippen LogP contribution in [0.3, 0.4) is 0 Å². The van der Waals surface area contributed by atoms with E-state index >= 15 is 0 Å². The van der Waals surface area contributed by atoms with E-state index in [4.69, 9.17) is 0 Å². The number of hydrogen-bond donors (Lipinski definition) is 2. The minimum absolute atomic E-state index is 0.145. The predicted molar refractivity (Wildman–Crippen MR) is 82.8 cm³/mol. The van der Waals surface area contributed by atoms with Crippen molar-refractivity contribution >= 4 is 16.8 Å². The first kappa shape index (κ1) is 14.6. The van der Waals surface area contributed by atoms with Crippen LogP contribution in [-0.4, -0.2) is 43.0 Å². The zero-order valence-electron chi connectivity index (χ0n) is 12.3.